The lowest BCUT2D eigenvalue weighted by Gasteiger charge is -2.22. The molecule has 0 bridgehead atoms. The average molecular weight is 319 g/mol. The number of ether oxygens (including phenoxy) is 1. The summed E-state index contributed by atoms with van der Waals surface area (Å²) < 4.78 is 6.73. The maximum absolute atomic E-state index is 5.27. The number of aromatic amines is 1. The Hall–Kier alpha value is -0.260. The van der Waals surface area contributed by atoms with Crippen LogP contribution < -0.4 is 0 Å². The lowest BCUT2D eigenvalue weighted by Crippen LogP contribution is -2.19. The fraction of sp³-hybridized carbons (Fsp3) is 0.667. The predicted octanol–water partition coefficient (Wildman–Crippen LogP) is 3.78. The molecule has 1 atom stereocenters. The van der Waals surface area contributed by atoms with Crippen LogP contribution in [0.4, 0.5) is 0 Å². The van der Waals surface area contributed by atoms with E-state index in [1.54, 1.807) is 7.11 Å². The highest BCUT2D eigenvalue weighted by Gasteiger charge is 2.20. The summed E-state index contributed by atoms with van der Waals surface area (Å²) in [5.41, 5.74) is 1.08. The molecule has 5 heteroatoms. The van der Waals surface area contributed by atoms with Crippen molar-refractivity contribution in [1.29, 1.82) is 0 Å². The summed E-state index contributed by atoms with van der Waals surface area (Å²) in [6, 6.07) is 0. The summed E-state index contributed by atoms with van der Waals surface area (Å²) in [4.78, 5) is 7.72. The van der Waals surface area contributed by atoms with Crippen molar-refractivity contribution in [3.05, 3.63) is 20.6 Å². The van der Waals surface area contributed by atoms with Crippen LogP contribution in [0.2, 0.25) is 0 Å². The molecule has 0 saturated carbocycles. The number of rotatable bonds is 3. The molecule has 0 fully saturated rings. The number of nitrogens with zero attached hydrogens (tertiary/aromatic N) is 1. The second-order valence-electron chi connectivity index (χ2n) is 5.18. The van der Waals surface area contributed by atoms with Gasteiger partial charge in [0.1, 0.15) is 10.5 Å². The zero-order valence-electron chi connectivity index (χ0n) is 10.9. The minimum atomic E-state index is 0.000390. The van der Waals surface area contributed by atoms with Gasteiger partial charge in [-0.25, -0.2) is 4.98 Å². The number of methoxy groups -OCH3 is 1. The van der Waals surface area contributed by atoms with Crippen molar-refractivity contribution in [2.45, 2.75) is 45.6 Å². The number of H-pyrrole nitrogens is 1. The Bertz CT molecular complexity index is 451. The van der Waals surface area contributed by atoms with E-state index in [2.05, 4.69) is 46.7 Å². The van der Waals surface area contributed by atoms with Crippen molar-refractivity contribution >= 4 is 28.1 Å². The molecule has 0 amide bonds. The van der Waals surface area contributed by atoms with E-state index in [1.165, 1.54) is 0 Å². The molecule has 0 aromatic carbocycles. The third-order valence-corrected chi connectivity index (χ3v) is 3.88. The van der Waals surface area contributed by atoms with E-state index in [0.29, 0.717) is 4.64 Å². The van der Waals surface area contributed by atoms with E-state index in [4.69, 9.17) is 17.0 Å². The summed E-state index contributed by atoms with van der Waals surface area (Å²) in [7, 11) is 1.70. The summed E-state index contributed by atoms with van der Waals surface area (Å²) in [5, 5.41) is 0. The second-order valence-corrected chi connectivity index (χ2v) is 6.36. The van der Waals surface area contributed by atoms with Gasteiger partial charge < -0.3 is 9.72 Å². The normalized spacial score (nSPS) is 13.8. The number of aromatic nitrogens is 2. The number of hydrogen-bond acceptors (Lipinski definition) is 3. The third-order valence-electron chi connectivity index (χ3n) is 2.55. The SMILES string of the molecule is COC(C)Cc1nc(=S)c(Br)c(C(C)(C)C)[nH]1. The fourth-order valence-electron chi connectivity index (χ4n) is 1.47. The summed E-state index contributed by atoms with van der Waals surface area (Å²) in [6.07, 6.45) is 0.860. The van der Waals surface area contributed by atoms with Crippen molar-refractivity contribution in [2.24, 2.45) is 0 Å². The predicted molar refractivity (Wildman–Crippen MR) is 76.0 cm³/mol. The standard InChI is InChI=1S/C12H19BrN2OS/c1-7(16-5)6-8-14-10(12(2,3)4)9(13)11(17)15-8/h7H,6H2,1-5H3,(H,14,15,17). The van der Waals surface area contributed by atoms with Crippen molar-refractivity contribution in [3.63, 3.8) is 0 Å². The number of halogens is 1. The van der Waals surface area contributed by atoms with Crippen LogP contribution in [-0.2, 0) is 16.6 Å². The van der Waals surface area contributed by atoms with Crippen LogP contribution in [0.1, 0.15) is 39.2 Å². The van der Waals surface area contributed by atoms with Gasteiger partial charge in [-0.05, 0) is 22.9 Å². The van der Waals surface area contributed by atoms with E-state index >= 15 is 0 Å². The van der Waals surface area contributed by atoms with Crippen molar-refractivity contribution < 1.29 is 4.74 Å². The van der Waals surface area contributed by atoms with Crippen LogP contribution in [0.25, 0.3) is 0 Å². The molecule has 96 valence electrons. The van der Waals surface area contributed by atoms with Gasteiger partial charge in [0, 0.05) is 24.6 Å². The lowest BCUT2D eigenvalue weighted by molar-refractivity contribution is 0.117. The highest BCUT2D eigenvalue weighted by atomic mass is 79.9. The van der Waals surface area contributed by atoms with Gasteiger partial charge in [0.05, 0.1) is 10.6 Å². The van der Waals surface area contributed by atoms with Crippen LogP contribution >= 0.6 is 28.1 Å². The fourth-order valence-corrected chi connectivity index (χ4v) is 2.47. The van der Waals surface area contributed by atoms with Crippen molar-refractivity contribution in [1.82, 2.24) is 9.97 Å². The van der Waals surface area contributed by atoms with Gasteiger partial charge in [-0.2, -0.15) is 0 Å². The number of hydrogen-bond donors (Lipinski definition) is 1. The molecule has 1 aromatic heterocycles. The summed E-state index contributed by atoms with van der Waals surface area (Å²) in [5.74, 6) is 0.873. The topological polar surface area (TPSA) is 37.9 Å². The Kier molecular flexibility index (Phi) is 4.86. The Morgan fingerprint density at radius 1 is 1.47 bits per heavy atom. The van der Waals surface area contributed by atoms with Crippen molar-refractivity contribution in [3.8, 4) is 0 Å². The zero-order chi connectivity index (χ0) is 13.2. The minimum Gasteiger partial charge on any atom is -0.381 e. The van der Waals surface area contributed by atoms with E-state index in [9.17, 15) is 0 Å². The Morgan fingerprint density at radius 2 is 2.06 bits per heavy atom. The molecular weight excluding hydrogens is 300 g/mol. The maximum atomic E-state index is 5.27. The lowest BCUT2D eigenvalue weighted by atomic mass is 9.92. The molecule has 0 aliphatic rings. The first-order valence-electron chi connectivity index (χ1n) is 5.57. The average Bonchev–Trinajstić information content (AvgIpc) is 2.21. The molecule has 0 radical (unpaired) electrons. The Morgan fingerprint density at radius 3 is 2.53 bits per heavy atom. The van der Waals surface area contributed by atoms with E-state index < -0.39 is 0 Å². The van der Waals surface area contributed by atoms with Crippen LogP contribution in [0.3, 0.4) is 0 Å². The van der Waals surface area contributed by atoms with Crippen LogP contribution in [0.5, 0.6) is 0 Å². The first kappa shape index (κ1) is 14.8. The van der Waals surface area contributed by atoms with Crippen molar-refractivity contribution in [2.75, 3.05) is 7.11 Å². The van der Waals surface area contributed by atoms with Crippen LogP contribution in [-0.4, -0.2) is 23.2 Å². The maximum Gasteiger partial charge on any atom is 0.144 e. The molecule has 3 nitrogen and oxygen atoms in total. The van der Waals surface area contributed by atoms with Crippen LogP contribution in [0.15, 0.2) is 4.47 Å². The van der Waals surface area contributed by atoms with E-state index in [-0.39, 0.29) is 11.5 Å². The highest BCUT2D eigenvalue weighted by molar-refractivity contribution is 9.10. The molecule has 0 saturated heterocycles. The molecule has 1 N–H and O–H groups in total. The molecule has 0 aliphatic carbocycles. The molecule has 1 rings (SSSR count). The second kappa shape index (κ2) is 5.59. The Balaban J connectivity index is 3.20. The first-order chi connectivity index (χ1) is 7.75. The third kappa shape index (κ3) is 3.86. The molecule has 1 aromatic rings. The summed E-state index contributed by atoms with van der Waals surface area (Å²) >= 11 is 8.77. The number of nitrogens with one attached hydrogen (secondary N) is 1. The molecular formula is C12H19BrN2OS. The first-order valence-corrected chi connectivity index (χ1v) is 6.77. The van der Waals surface area contributed by atoms with Gasteiger partial charge in [-0.1, -0.05) is 33.0 Å². The highest BCUT2D eigenvalue weighted by Crippen LogP contribution is 2.28. The zero-order valence-corrected chi connectivity index (χ0v) is 13.3. The quantitative estimate of drug-likeness (QED) is 0.862. The van der Waals surface area contributed by atoms with Gasteiger partial charge in [-0.3, -0.25) is 0 Å². The van der Waals surface area contributed by atoms with Gasteiger partial charge in [-0.15, -0.1) is 0 Å². The molecule has 1 heterocycles. The molecule has 0 aliphatic heterocycles. The van der Waals surface area contributed by atoms with E-state index in [0.717, 1.165) is 22.4 Å². The van der Waals surface area contributed by atoms with Gasteiger partial charge >= 0.3 is 0 Å². The monoisotopic (exact) mass is 318 g/mol. The van der Waals surface area contributed by atoms with E-state index in [1.807, 2.05) is 6.92 Å². The largest absolute Gasteiger partial charge is 0.381 e. The molecule has 17 heavy (non-hydrogen) atoms. The van der Waals surface area contributed by atoms with Gasteiger partial charge in [0.25, 0.3) is 0 Å². The summed E-state index contributed by atoms with van der Waals surface area (Å²) in [6.45, 7) is 8.43. The smallest absolute Gasteiger partial charge is 0.144 e. The van der Waals surface area contributed by atoms with Crippen LogP contribution in [0, 0.1) is 4.64 Å². The van der Waals surface area contributed by atoms with Gasteiger partial charge in [0.15, 0.2) is 0 Å². The Labute approximate surface area is 116 Å². The van der Waals surface area contributed by atoms with Gasteiger partial charge in [0.2, 0.25) is 0 Å². The minimum absolute atomic E-state index is 0.000390. The molecule has 1 unspecified atom stereocenters. The molecule has 0 spiro atoms.